The molecule has 0 amide bonds. The van der Waals surface area contributed by atoms with Crippen LogP contribution in [0, 0.1) is 0 Å². The van der Waals surface area contributed by atoms with Gasteiger partial charge in [-0.1, -0.05) is 56.9 Å². The highest BCUT2D eigenvalue weighted by atomic mass is 32.2. The molecule has 0 bridgehead atoms. The summed E-state index contributed by atoms with van der Waals surface area (Å²) in [6.07, 6.45) is 6.11. The van der Waals surface area contributed by atoms with Crippen molar-refractivity contribution in [1.29, 1.82) is 0 Å². The van der Waals surface area contributed by atoms with Crippen LogP contribution in [-0.4, -0.2) is 33.5 Å². The fourth-order valence-corrected chi connectivity index (χ4v) is 4.53. The van der Waals surface area contributed by atoms with Gasteiger partial charge in [-0.2, -0.15) is 0 Å². The minimum absolute atomic E-state index is 0.0249. The van der Waals surface area contributed by atoms with Crippen molar-refractivity contribution in [3.8, 4) is 0 Å². The Morgan fingerprint density at radius 2 is 1.75 bits per heavy atom. The molecular formula is C21H38N4O2S. The first-order valence-electron chi connectivity index (χ1n) is 10.3. The van der Waals surface area contributed by atoms with Gasteiger partial charge in [0.1, 0.15) is 0 Å². The average molecular weight is 411 g/mol. The first-order chi connectivity index (χ1) is 13.3. The monoisotopic (exact) mass is 410 g/mol. The van der Waals surface area contributed by atoms with E-state index in [0.717, 1.165) is 23.5 Å². The second-order valence-corrected chi connectivity index (χ2v) is 9.37. The Labute approximate surface area is 171 Å². The quantitative estimate of drug-likeness (QED) is 0.280. The molecule has 1 unspecified atom stereocenters. The van der Waals surface area contributed by atoms with Crippen LogP contribution in [0.3, 0.4) is 0 Å². The normalized spacial score (nSPS) is 13.6. The molecule has 0 heterocycles. The molecule has 0 aliphatic heterocycles. The molecule has 0 saturated heterocycles. The maximum Gasteiger partial charge on any atom is 0.216 e. The minimum atomic E-state index is -3.36. The third-order valence-electron chi connectivity index (χ3n) is 4.42. The molecule has 1 atom stereocenters. The van der Waals surface area contributed by atoms with Crippen molar-refractivity contribution in [1.82, 2.24) is 15.4 Å². The summed E-state index contributed by atoms with van der Waals surface area (Å²) in [6.45, 7) is 8.55. The number of aliphatic imine (C=N–C) groups is 1. The molecule has 0 fully saturated rings. The van der Waals surface area contributed by atoms with Crippen molar-refractivity contribution in [3.63, 3.8) is 0 Å². The summed E-state index contributed by atoms with van der Waals surface area (Å²) in [6, 6.07) is 7.84. The summed E-state index contributed by atoms with van der Waals surface area (Å²) < 4.78 is 27.2. The Morgan fingerprint density at radius 3 is 2.36 bits per heavy atom. The van der Waals surface area contributed by atoms with Gasteiger partial charge < -0.3 is 10.6 Å². The first-order valence-corrected chi connectivity index (χ1v) is 12.0. The molecule has 0 aliphatic carbocycles. The van der Waals surface area contributed by atoms with E-state index in [1.54, 1.807) is 7.05 Å². The molecule has 0 saturated carbocycles. The van der Waals surface area contributed by atoms with E-state index < -0.39 is 10.0 Å². The van der Waals surface area contributed by atoms with Crippen LogP contribution in [0.4, 0.5) is 0 Å². The van der Waals surface area contributed by atoms with Crippen LogP contribution in [0.5, 0.6) is 0 Å². The molecule has 1 rings (SSSR count). The van der Waals surface area contributed by atoms with Crippen molar-refractivity contribution < 1.29 is 8.42 Å². The summed E-state index contributed by atoms with van der Waals surface area (Å²) in [5.41, 5.74) is 1.75. The summed E-state index contributed by atoms with van der Waals surface area (Å²) in [7, 11) is -1.61. The number of sulfonamides is 1. The van der Waals surface area contributed by atoms with Crippen molar-refractivity contribution in [2.24, 2.45) is 4.99 Å². The zero-order valence-electron chi connectivity index (χ0n) is 18.1. The first kappa shape index (κ1) is 24.4. The van der Waals surface area contributed by atoms with Gasteiger partial charge in [-0.3, -0.25) is 4.99 Å². The topological polar surface area (TPSA) is 82.6 Å². The minimum Gasteiger partial charge on any atom is -0.354 e. The van der Waals surface area contributed by atoms with Gasteiger partial charge in [-0.05, 0) is 38.3 Å². The largest absolute Gasteiger partial charge is 0.354 e. The van der Waals surface area contributed by atoms with Crippen molar-refractivity contribution >= 4 is 16.0 Å². The zero-order valence-corrected chi connectivity index (χ0v) is 18.9. The smallest absolute Gasteiger partial charge is 0.216 e. The number of hydrogen-bond acceptors (Lipinski definition) is 3. The van der Waals surface area contributed by atoms with Crippen LogP contribution in [0.1, 0.15) is 70.9 Å². The predicted octanol–water partition coefficient (Wildman–Crippen LogP) is 3.54. The van der Waals surface area contributed by atoms with Gasteiger partial charge in [0, 0.05) is 25.7 Å². The molecule has 6 nitrogen and oxygen atoms in total. The van der Waals surface area contributed by atoms with Crippen LogP contribution in [0.15, 0.2) is 29.3 Å². The maximum absolute atomic E-state index is 12.3. The average Bonchev–Trinajstić information content (AvgIpc) is 2.62. The van der Waals surface area contributed by atoms with E-state index in [9.17, 15) is 8.42 Å². The van der Waals surface area contributed by atoms with E-state index in [4.69, 9.17) is 0 Å². The third-order valence-corrected chi connectivity index (χ3v) is 5.94. The Balaban J connectivity index is 2.63. The fourth-order valence-electron chi connectivity index (χ4n) is 3.03. The lowest BCUT2D eigenvalue weighted by atomic mass is 10.1. The Bertz CT molecular complexity index is 702. The Kier molecular flexibility index (Phi) is 11.2. The van der Waals surface area contributed by atoms with Crippen molar-refractivity contribution in [3.05, 3.63) is 35.4 Å². The number of nitrogens with zero attached hydrogens (tertiary/aromatic N) is 1. The lowest BCUT2D eigenvalue weighted by Gasteiger charge is -2.19. The van der Waals surface area contributed by atoms with Gasteiger partial charge in [0.25, 0.3) is 0 Å². The van der Waals surface area contributed by atoms with E-state index >= 15 is 0 Å². The molecule has 0 spiro atoms. The zero-order chi connectivity index (χ0) is 21.0. The van der Waals surface area contributed by atoms with Crippen LogP contribution in [0.2, 0.25) is 0 Å². The molecular weight excluding hydrogens is 372 g/mol. The molecule has 160 valence electrons. The number of benzene rings is 1. The fraction of sp³-hybridized carbons (Fsp3) is 0.667. The van der Waals surface area contributed by atoms with Gasteiger partial charge in [0.05, 0.1) is 5.75 Å². The highest BCUT2D eigenvalue weighted by molar-refractivity contribution is 7.88. The second kappa shape index (κ2) is 12.8. The SMILES string of the molecule is CCCCCCC(C)NC(=NC)NCc1ccccc1CS(=O)(=O)NC(C)C. The second-order valence-electron chi connectivity index (χ2n) is 7.62. The van der Waals surface area contributed by atoms with Crippen LogP contribution < -0.4 is 15.4 Å². The molecule has 0 aromatic heterocycles. The highest BCUT2D eigenvalue weighted by Gasteiger charge is 2.15. The van der Waals surface area contributed by atoms with E-state index in [-0.39, 0.29) is 11.8 Å². The van der Waals surface area contributed by atoms with Crippen molar-refractivity contribution in [2.75, 3.05) is 7.05 Å². The van der Waals surface area contributed by atoms with Gasteiger partial charge >= 0.3 is 0 Å². The number of nitrogens with one attached hydrogen (secondary N) is 3. The summed E-state index contributed by atoms with van der Waals surface area (Å²) in [4.78, 5) is 4.29. The predicted molar refractivity (Wildman–Crippen MR) is 119 cm³/mol. The number of unbranched alkanes of at least 4 members (excludes halogenated alkanes) is 3. The lowest BCUT2D eigenvalue weighted by Crippen LogP contribution is -2.42. The van der Waals surface area contributed by atoms with Crippen LogP contribution in [0.25, 0.3) is 0 Å². The third kappa shape index (κ3) is 10.1. The van der Waals surface area contributed by atoms with E-state index in [1.165, 1.54) is 25.7 Å². The molecule has 0 aliphatic rings. The van der Waals surface area contributed by atoms with E-state index in [1.807, 2.05) is 38.1 Å². The highest BCUT2D eigenvalue weighted by Crippen LogP contribution is 2.12. The molecule has 3 N–H and O–H groups in total. The summed E-state index contributed by atoms with van der Waals surface area (Å²) in [5.74, 6) is 0.712. The van der Waals surface area contributed by atoms with Crippen molar-refractivity contribution in [2.45, 2.75) is 84.2 Å². The van der Waals surface area contributed by atoms with Crippen LogP contribution >= 0.6 is 0 Å². The van der Waals surface area contributed by atoms with Gasteiger partial charge in [0.15, 0.2) is 5.96 Å². The summed E-state index contributed by atoms with van der Waals surface area (Å²) in [5, 5.41) is 6.72. The van der Waals surface area contributed by atoms with Gasteiger partial charge in [-0.15, -0.1) is 0 Å². The molecule has 1 aromatic carbocycles. The van der Waals surface area contributed by atoms with Crippen LogP contribution in [-0.2, 0) is 22.3 Å². The maximum atomic E-state index is 12.3. The van der Waals surface area contributed by atoms with Gasteiger partial charge in [-0.25, -0.2) is 13.1 Å². The summed E-state index contributed by atoms with van der Waals surface area (Å²) >= 11 is 0. The number of hydrogen-bond donors (Lipinski definition) is 3. The molecule has 7 heteroatoms. The molecule has 28 heavy (non-hydrogen) atoms. The Morgan fingerprint density at radius 1 is 1.07 bits per heavy atom. The van der Waals surface area contributed by atoms with Gasteiger partial charge in [0.2, 0.25) is 10.0 Å². The molecule has 1 aromatic rings. The standard InChI is InChI=1S/C21H38N4O2S/c1-6-7-8-9-12-18(4)24-21(22-5)23-15-19-13-10-11-14-20(19)16-28(26,27)25-17(2)3/h10-11,13-14,17-18,25H,6-9,12,15-16H2,1-5H3,(H2,22,23,24). The number of rotatable bonds is 12. The lowest BCUT2D eigenvalue weighted by molar-refractivity contribution is 0.537. The molecule has 0 radical (unpaired) electrons. The van der Waals surface area contributed by atoms with E-state index in [0.29, 0.717) is 12.6 Å². The number of guanidine groups is 1. The Hall–Kier alpha value is -1.60. The van der Waals surface area contributed by atoms with E-state index in [2.05, 4.69) is 34.2 Å².